The maximum atomic E-state index is 11.0. The predicted molar refractivity (Wildman–Crippen MR) is 60.9 cm³/mol. The molecule has 0 aliphatic carbocycles. The van der Waals surface area contributed by atoms with Crippen molar-refractivity contribution in [2.75, 3.05) is 7.11 Å². The lowest BCUT2D eigenvalue weighted by molar-refractivity contribution is -0.135. The van der Waals surface area contributed by atoms with Gasteiger partial charge in [0, 0.05) is 4.88 Å². The van der Waals surface area contributed by atoms with E-state index in [0.717, 1.165) is 8.66 Å². The molecule has 0 aromatic carbocycles. The first-order valence-corrected chi connectivity index (χ1v) is 5.74. The van der Waals surface area contributed by atoms with Crippen molar-refractivity contribution in [2.45, 2.75) is 0 Å². The van der Waals surface area contributed by atoms with Crippen LogP contribution in [0.1, 0.15) is 4.88 Å². The highest BCUT2D eigenvalue weighted by Crippen LogP contribution is 2.25. The molecule has 0 unspecified atom stereocenters. The maximum absolute atomic E-state index is 11.0. The Morgan fingerprint density at radius 1 is 1.62 bits per heavy atom. The van der Waals surface area contributed by atoms with E-state index < -0.39 is 0 Å². The molecule has 0 aliphatic heterocycles. The van der Waals surface area contributed by atoms with Crippen molar-refractivity contribution in [3.05, 3.63) is 25.3 Å². The second-order valence-corrected chi connectivity index (χ2v) is 5.47. The highest BCUT2D eigenvalue weighted by Gasteiger charge is 2.05. The van der Waals surface area contributed by atoms with E-state index in [9.17, 15) is 4.79 Å². The molecule has 0 fully saturated rings. The summed E-state index contributed by atoms with van der Waals surface area (Å²) in [7, 11) is 1.35. The number of esters is 1. The molecule has 1 aromatic rings. The van der Waals surface area contributed by atoms with E-state index in [1.807, 2.05) is 12.1 Å². The van der Waals surface area contributed by atoms with Crippen molar-refractivity contribution in [1.82, 2.24) is 0 Å². The molecule has 1 heterocycles. The summed E-state index contributed by atoms with van der Waals surface area (Å²) in [5, 5.41) is 0. The van der Waals surface area contributed by atoms with Crippen molar-refractivity contribution in [2.24, 2.45) is 0 Å². The highest BCUT2D eigenvalue weighted by molar-refractivity contribution is 9.12. The number of ether oxygens (including phenoxy) is 1. The van der Waals surface area contributed by atoms with E-state index >= 15 is 0 Å². The predicted octanol–water partition coefficient (Wildman–Crippen LogP) is 3.42. The van der Waals surface area contributed by atoms with E-state index in [1.165, 1.54) is 7.11 Å². The fourth-order valence-electron chi connectivity index (χ4n) is 0.687. The Bertz CT molecular complexity index is 344. The Hall–Kier alpha value is -0.130. The summed E-state index contributed by atoms with van der Waals surface area (Å²) in [6.45, 7) is 0. The molecule has 0 aliphatic rings. The van der Waals surface area contributed by atoms with Crippen LogP contribution < -0.4 is 0 Å². The van der Waals surface area contributed by atoms with Gasteiger partial charge in [0.2, 0.25) is 0 Å². The third kappa shape index (κ3) is 3.25. The normalized spacial score (nSPS) is 11.5. The smallest absolute Gasteiger partial charge is 0.345 e. The van der Waals surface area contributed by atoms with Crippen LogP contribution in [0, 0.1) is 0 Å². The Labute approximate surface area is 96.9 Å². The van der Waals surface area contributed by atoms with Crippen LogP contribution >= 0.6 is 43.2 Å². The van der Waals surface area contributed by atoms with Gasteiger partial charge in [0.25, 0.3) is 0 Å². The molecule has 0 bridgehead atoms. The SMILES string of the molecule is COC(=O)/C(Br)=C/c1ccc(Br)s1. The van der Waals surface area contributed by atoms with Crippen molar-refractivity contribution in [1.29, 1.82) is 0 Å². The Kier molecular flexibility index (Phi) is 4.15. The van der Waals surface area contributed by atoms with Crippen molar-refractivity contribution < 1.29 is 9.53 Å². The Morgan fingerprint density at radius 2 is 2.31 bits per heavy atom. The lowest BCUT2D eigenvalue weighted by Crippen LogP contribution is -1.98. The van der Waals surface area contributed by atoms with Gasteiger partial charge in [-0.1, -0.05) is 0 Å². The van der Waals surface area contributed by atoms with Gasteiger partial charge in [-0.25, -0.2) is 4.79 Å². The minimum atomic E-state index is -0.371. The molecule has 13 heavy (non-hydrogen) atoms. The molecule has 5 heteroatoms. The van der Waals surface area contributed by atoms with Crippen LogP contribution in [0.5, 0.6) is 0 Å². The first-order chi connectivity index (χ1) is 6.13. The number of carbonyl (C=O) groups excluding carboxylic acids is 1. The van der Waals surface area contributed by atoms with Gasteiger partial charge in [-0.15, -0.1) is 11.3 Å². The van der Waals surface area contributed by atoms with Crippen LogP contribution in [-0.2, 0) is 9.53 Å². The number of hydrogen-bond donors (Lipinski definition) is 0. The monoisotopic (exact) mass is 324 g/mol. The Balaban J connectivity index is 2.82. The van der Waals surface area contributed by atoms with Gasteiger partial charge in [-0.05, 0) is 50.1 Å². The minimum Gasteiger partial charge on any atom is -0.465 e. The molecule has 0 spiro atoms. The second kappa shape index (κ2) is 4.93. The van der Waals surface area contributed by atoms with E-state index in [1.54, 1.807) is 17.4 Å². The first kappa shape index (κ1) is 10.9. The average molecular weight is 326 g/mol. The summed E-state index contributed by atoms with van der Waals surface area (Å²) >= 11 is 8.01. The number of carbonyl (C=O) groups is 1. The summed E-state index contributed by atoms with van der Waals surface area (Å²) in [6.07, 6.45) is 1.72. The molecule has 70 valence electrons. The minimum absolute atomic E-state index is 0.371. The van der Waals surface area contributed by atoms with Crippen LogP contribution in [0.4, 0.5) is 0 Å². The molecule has 0 saturated heterocycles. The number of methoxy groups -OCH3 is 1. The maximum Gasteiger partial charge on any atom is 0.345 e. The van der Waals surface area contributed by atoms with Gasteiger partial charge in [-0.2, -0.15) is 0 Å². The zero-order valence-corrected chi connectivity index (χ0v) is 10.7. The van der Waals surface area contributed by atoms with Gasteiger partial charge >= 0.3 is 5.97 Å². The van der Waals surface area contributed by atoms with Crippen LogP contribution in [-0.4, -0.2) is 13.1 Å². The Morgan fingerprint density at radius 3 is 2.77 bits per heavy atom. The number of thiophene rings is 1. The molecule has 0 radical (unpaired) electrons. The average Bonchev–Trinajstić information content (AvgIpc) is 2.49. The van der Waals surface area contributed by atoms with Gasteiger partial charge in [0.15, 0.2) is 0 Å². The van der Waals surface area contributed by atoms with Crippen molar-refractivity contribution in [3.8, 4) is 0 Å². The quantitative estimate of drug-likeness (QED) is 0.615. The van der Waals surface area contributed by atoms with Crippen molar-refractivity contribution >= 4 is 55.2 Å². The molecule has 2 nitrogen and oxygen atoms in total. The summed E-state index contributed by atoms with van der Waals surface area (Å²) in [6, 6.07) is 3.84. The molecular weight excluding hydrogens is 320 g/mol. The van der Waals surface area contributed by atoms with Crippen LogP contribution in [0.15, 0.2) is 20.4 Å². The molecular formula is C8H6Br2O2S. The summed E-state index contributed by atoms with van der Waals surface area (Å²) < 4.78 is 5.98. The lowest BCUT2D eigenvalue weighted by atomic mass is 10.4. The van der Waals surface area contributed by atoms with E-state index in [-0.39, 0.29) is 5.97 Å². The molecule has 1 rings (SSSR count). The van der Waals surface area contributed by atoms with Crippen molar-refractivity contribution in [3.63, 3.8) is 0 Å². The summed E-state index contributed by atoms with van der Waals surface area (Å²) in [4.78, 5) is 12.0. The fraction of sp³-hybridized carbons (Fsp3) is 0.125. The molecule has 0 amide bonds. The zero-order valence-electron chi connectivity index (χ0n) is 6.71. The third-order valence-electron chi connectivity index (χ3n) is 1.24. The largest absolute Gasteiger partial charge is 0.465 e. The summed E-state index contributed by atoms with van der Waals surface area (Å²) in [5.74, 6) is -0.371. The number of halogens is 2. The van der Waals surface area contributed by atoms with E-state index in [0.29, 0.717) is 4.48 Å². The molecule has 1 aromatic heterocycles. The van der Waals surface area contributed by atoms with Gasteiger partial charge < -0.3 is 4.74 Å². The lowest BCUT2D eigenvalue weighted by Gasteiger charge is -1.94. The number of hydrogen-bond acceptors (Lipinski definition) is 3. The highest BCUT2D eigenvalue weighted by atomic mass is 79.9. The molecule has 0 N–H and O–H groups in total. The fourth-order valence-corrected chi connectivity index (χ4v) is 2.61. The van der Waals surface area contributed by atoms with E-state index in [4.69, 9.17) is 0 Å². The van der Waals surface area contributed by atoms with Gasteiger partial charge in [0.1, 0.15) is 4.48 Å². The standard InChI is InChI=1S/C8H6Br2O2S/c1-12-8(11)6(9)4-5-2-3-7(10)13-5/h2-4H,1H3/b6-4-. The zero-order chi connectivity index (χ0) is 9.84. The first-order valence-electron chi connectivity index (χ1n) is 3.34. The third-order valence-corrected chi connectivity index (χ3v) is 3.37. The second-order valence-electron chi connectivity index (χ2n) is 2.13. The number of rotatable bonds is 2. The van der Waals surface area contributed by atoms with Gasteiger partial charge in [-0.3, -0.25) is 0 Å². The topological polar surface area (TPSA) is 26.3 Å². The molecule has 0 atom stereocenters. The van der Waals surface area contributed by atoms with Crippen LogP contribution in [0.2, 0.25) is 0 Å². The van der Waals surface area contributed by atoms with Gasteiger partial charge in [0.05, 0.1) is 10.9 Å². The summed E-state index contributed by atoms with van der Waals surface area (Å²) in [5.41, 5.74) is 0. The van der Waals surface area contributed by atoms with E-state index in [2.05, 4.69) is 36.6 Å². The van der Waals surface area contributed by atoms with Crippen LogP contribution in [0.3, 0.4) is 0 Å². The molecule has 0 saturated carbocycles. The van der Waals surface area contributed by atoms with Crippen LogP contribution in [0.25, 0.3) is 6.08 Å².